The molecule has 0 aromatic carbocycles. The lowest BCUT2D eigenvalue weighted by molar-refractivity contribution is 0.109. The highest BCUT2D eigenvalue weighted by atomic mass is 16.5. The Balaban J connectivity index is 2.46. The van der Waals surface area contributed by atoms with Crippen molar-refractivity contribution in [3.63, 3.8) is 0 Å². The van der Waals surface area contributed by atoms with E-state index in [0.717, 1.165) is 19.3 Å². The molecule has 2 N–H and O–H groups in total. The summed E-state index contributed by atoms with van der Waals surface area (Å²) in [6.07, 6.45) is 2.63. The third kappa shape index (κ3) is 3.60. The second-order valence-electron chi connectivity index (χ2n) is 3.65. The number of rotatable bonds is 6. The number of methoxy groups -OCH3 is 1. The zero-order valence-electron chi connectivity index (χ0n) is 9.56. The summed E-state index contributed by atoms with van der Waals surface area (Å²) >= 11 is 0. The number of aryl methyl sites for hydroxylation is 1. The number of ether oxygens (including phenoxy) is 1. The summed E-state index contributed by atoms with van der Waals surface area (Å²) in [6.45, 7) is 4.00. The van der Waals surface area contributed by atoms with Gasteiger partial charge in [-0.1, -0.05) is 12.1 Å². The van der Waals surface area contributed by atoms with Gasteiger partial charge in [0.25, 0.3) is 0 Å². The molecule has 1 rings (SSSR count). The maximum absolute atomic E-state index is 5.78. The van der Waals surface area contributed by atoms with Gasteiger partial charge in [-0.15, -0.1) is 0 Å². The minimum atomic E-state index is -0.123. The SMILES string of the molecule is CCC(N)c1noc(CCC(C)OC)n1. The van der Waals surface area contributed by atoms with E-state index in [-0.39, 0.29) is 12.1 Å². The molecule has 0 spiro atoms. The number of hydrogen-bond acceptors (Lipinski definition) is 5. The van der Waals surface area contributed by atoms with Gasteiger partial charge in [0.15, 0.2) is 5.82 Å². The van der Waals surface area contributed by atoms with E-state index in [1.165, 1.54) is 0 Å². The van der Waals surface area contributed by atoms with Crippen LogP contribution < -0.4 is 5.73 Å². The van der Waals surface area contributed by atoms with E-state index in [1.54, 1.807) is 7.11 Å². The number of aromatic nitrogens is 2. The fourth-order valence-electron chi connectivity index (χ4n) is 1.15. The summed E-state index contributed by atoms with van der Waals surface area (Å²) in [6, 6.07) is -0.123. The Hall–Kier alpha value is -0.940. The van der Waals surface area contributed by atoms with Gasteiger partial charge >= 0.3 is 0 Å². The lowest BCUT2D eigenvalue weighted by atomic mass is 10.2. The lowest BCUT2D eigenvalue weighted by Gasteiger charge is -2.05. The summed E-state index contributed by atoms with van der Waals surface area (Å²) < 4.78 is 10.2. The fourth-order valence-corrected chi connectivity index (χ4v) is 1.15. The van der Waals surface area contributed by atoms with Gasteiger partial charge in [-0.3, -0.25) is 0 Å². The van der Waals surface area contributed by atoms with E-state index in [4.69, 9.17) is 15.0 Å². The Morgan fingerprint density at radius 2 is 2.27 bits per heavy atom. The zero-order valence-corrected chi connectivity index (χ0v) is 9.56. The van der Waals surface area contributed by atoms with Crippen LogP contribution in [0.15, 0.2) is 4.52 Å². The standard InChI is InChI=1S/C10H19N3O2/c1-4-8(11)10-12-9(15-13-10)6-5-7(2)14-3/h7-8H,4-6,11H2,1-3H3. The first-order valence-corrected chi connectivity index (χ1v) is 5.28. The quantitative estimate of drug-likeness (QED) is 0.774. The van der Waals surface area contributed by atoms with Gasteiger partial charge < -0.3 is 15.0 Å². The van der Waals surface area contributed by atoms with Crippen LogP contribution in [0.4, 0.5) is 0 Å². The molecule has 2 unspecified atom stereocenters. The highest BCUT2D eigenvalue weighted by molar-refractivity contribution is 4.92. The number of hydrogen-bond donors (Lipinski definition) is 1. The van der Waals surface area contributed by atoms with E-state index in [9.17, 15) is 0 Å². The molecular formula is C10H19N3O2. The van der Waals surface area contributed by atoms with E-state index in [1.807, 2.05) is 13.8 Å². The minimum absolute atomic E-state index is 0.123. The Morgan fingerprint density at radius 1 is 1.53 bits per heavy atom. The van der Waals surface area contributed by atoms with Crippen molar-refractivity contribution in [2.75, 3.05) is 7.11 Å². The van der Waals surface area contributed by atoms with Crippen LogP contribution >= 0.6 is 0 Å². The molecule has 1 heterocycles. The minimum Gasteiger partial charge on any atom is -0.382 e. The van der Waals surface area contributed by atoms with Crippen LogP contribution in [-0.4, -0.2) is 23.4 Å². The van der Waals surface area contributed by atoms with Crippen molar-refractivity contribution < 1.29 is 9.26 Å². The Labute approximate surface area is 90.0 Å². The average Bonchev–Trinajstić information content (AvgIpc) is 2.73. The molecule has 0 saturated heterocycles. The molecule has 0 saturated carbocycles. The summed E-state index contributed by atoms with van der Waals surface area (Å²) in [5.74, 6) is 1.23. The van der Waals surface area contributed by atoms with Crippen molar-refractivity contribution in [1.82, 2.24) is 10.1 Å². The van der Waals surface area contributed by atoms with Crippen molar-refractivity contribution in [3.8, 4) is 0 Å². The van der Waals surface area contributed by atoms with Gasteiger partial charge in [0.2, 0.25) is 5.89 Å². The van der Waals surface area contributed by atoms with Crippen LogP contribution in [0.2, 0.25) is 0 Å². The second-order valence-corrected chi connectivity index (χ2v) is 3.65. The average molecular weight is 213 g/mol. The molecule has 1 aromatic rings. The van der Waals surface area contributed by atoms with Crippen LogP contribution in [0, 0.1) is 0 Å². The molecule has 0 bridgehead atoms. The predicted molar refractivity (Wildman–Crippen MR) is 56.3 cm³/mol. The Kier molecular flexibility index (Phi) is 4.71. The van der Waals surface area contributed by atoms with Crippen molar-refractivity contribution in [2.24, 2.45) is 5.73 Å². The van der Waals surface area contributed by atoms with E-state index in [0.29, 0.717) is 11.7 Å². The van der Waals surface area contributed by atoms with Gasteiger partial charge in [-0.2, -0.15) is 4.98 Å². The molecule has 2 atom stereocenters. The van der Waals surface area contributed by atoms with Crippen molar-refractivity contribution in [1.29, 1.82) is 0 Å². The van der Waals surface area contributed by atoms with Crippen molar-refractivity contribution in [3.05, 3.63) is 11.7 Å². The molecule has 5 heteroatoms. The molecule has 1 aromatic heterocycles. The summed E-state index contributed by atoms with van der Waals surface area (Å²) in [5.41, 5.74) is 5.78. The molecule has 5 nitrogen and oxygen atoms in total. The Morgan fingerprint density at radius 3 is 2.87 bits per heavy atom. The highest BCUT2D eigenvalue weighted by Gasteiger charge is 2.12. The first-order chi connectivity index (χ1) is 7.17. The highest BCUT2D eigenvalue weighted by Crippen LogP contribution is 2.11. The topological polar surface area (TPSA) is 74.2 Å². The second kappa shape index (κ2) is 5.82. The molecule has 0 aliphatic rings. The maximum atomic E-state index is 5.78. The van der Waals surface area contributed by atoms with Crippen LogP contribution in [0.25, 0.3) is 0 Å². The monoisotopic (exact) mass is 213 g/mol. The van der Waals surface area contributed by atoms with Gasteiger partial charge in [0, 0.05) is 13.5 Å². The molecule has 0 radical (unpaired) electrons. The van der Waals surface area contributed by atoms with Gasteiger partial charge in [-0.05, 0) is 19.8 Å². The number of nitrogens with zero attached hydrogens (tertiary/aromatic N) is 2. The molecule has 0 aliphatic heterocycles. The van der Waals surface area contributed by atoms with Crippen LogP contribution in [0.5, 0.6) is 0 Å². The molecular weight excluding hydrogens is 194 g/mol. The third-order valence-electron chi connectivity index (χ3n) is 2.42. The van der Waals surface area contributed by atoms with Crippen LogP contribution in [0.1, 0.15) is 44.4 Å². The van der Waals surface area contributed by atoms with Crippen molar-refractivity contribution >= 4 is 0 Å². The van der Waals surface area contributed by atoms with Crippen LogP contribution in [-0.2, 0) is 11.2 Å². The Bertz CT molecular complexity index is 288. The van der Waals surface area contributed by atoms with Crippen LogP contribution in [0.3, 0.4) is 0 Å². The van der Waals surface area contributed by atoms with E-state index in [2.05, 4.69) is 10.1 Å². The first-order valence-electron chi connectivity index (χ1n) is 5.28. The third-order valence-corrected chi connectivity index (χ3v) is 2.42. The summed E-state index contributed by atoms with van der Waals surface area (Å²) in [5, 5.41) is 3.84. The summed E-state index contributed by atoms with van der Waals surface area (Å²) in [4.78, 5) is 4.23. The van der Waals surface area contributed by atoms with Gasteiger partial charge in [0.1, 0.15) is 0 Å². The zero-order chi connectivity index (χ0) is 11.3. The fraction of sp³-hybridized carbons (Fsp3) is 0.800. The molecule has 0 amide bonds. The van der Waals surface area contributed by atoms with E-state index >= 15 is 0 Å². The first kappa shape index (κ1) is 12.1. The summed E-state index contributed by atoms with van der Waals surface area (Å²) in [7, 11) is 1.69. The molecule has 15 heavy (non-hydrogen) atoms. The largest absolute Gasteiger partial charge is 0.382 e. The van der Waals surface area contributed by atoms with Gasteiger partial charge in [0.05, 0.1) is 12.1 Å². The molecule has 86 valence electrons. The molecule has 0 aliphatic carbocycles. The molecule has 0 fully saturated rings. The van der Waals surface area contributed by atoms with Gasteiger partial charge in [-0.25, -0.2) is 0 Å². The normalized spacial score (nSPS) is 15.2. The smallest absolute Gasteiger partial charge is 0.226 e. The number of nitrogens with two attached hydrogens (primary N) is 1. The predicted octanol–water partition coefficient (Wildman–Crippen LogP) is 1.45. The van der Waals surface area contributed by atoms with E-state index < -0.39 is 0 Å². The maximum Gasteiger partial charge on any atom is 0.226 e. The lowest BCUT2D eigenvalue weighted by Crippen LogP contribution is -2.10. The van der Waals surface area contributed by atoms with Crippen molar-refractivity contribution in [2.45, 2.75) is 45.3 Å².